The lowest BCUT2D eigenvalue weighted by Crippen LogP contribution is -2.32. The van der Waals surface area contributed by atoms with Gasteiger partial charge in [-0.2, -0.15) is 0 Å². The summed E-state index contributed by atoms with van der Waals surface area (Å²) < 4.78 is 0. The fraction of sp³-hybridized carbons (Fsp3) is 0.400. The van der Waals surface area contributed by atoms with Crippen molar-refractivity contribution in [2.24, 2.45) is 5.92 Å². The number of nitrogens with one attached hydrogen (secondary N) is 1. The van der Waals surface area contributed by atoms with Crippen LogP contribution >= 0.6 is 0 Å². The van der Waals surface area contributed by atoms with Crippen molar-refractivity contribution < 1.29 is 0 Å². The fourth-order valence-corrected chi connectivity index (χ4v) is 3.74. The van der Waals surface area contributed by atoms with Crippen molar-refractivity contribution in [3.05, 3.63) is 60.2 Å². The van der Waals surface area contributed by atoms with Gasteiger partial charge in [0.25, 0.3) is 0 Å². The van der Waals surface area contributed by atoms with Gasteiger partial charge in [-0.15, -0.1) is 0 Å². The van der Waals surface area contributed by atoms with Crippen molar-refractivity contribution in [1.29, 1.82) is 0 Å². The van der Waals surface area contributed by atoms with Crippen molar-refractivity contribution in [2.45, 2.75) is 38.6 Å². The molecule has 2 aromatic carbocycles. The van der Waals surface area contributed by atoms with E-state index in [1.807, 2.05) is 0 Å². The van der Waals surface area contributed by atoms with Crippen LogP contribution in [0.25, 0.3) is 11.1 Å². The topological polar surface area (TPSA) is 12.0 Å². The molecule has 1 heteroatoms. The maximum atomic E-state index is 3.63. The first-order valence-corrected chi connectivity index (χ1v) is 8.18. The van der Waals surface area contributed by atoms with Gasteiger partial charge >= 0.3 is 0 Å². The van der Waals surface area contributed by atoms with Gasteiger partial charge in [-0.05, 0) is 47.9 Å². The molecule has 0 heterocycles. The van der Waals surface area contributed by atoms with Gasteiger partial charge < -0.3 is 5.32 Å². The van der Waals surface area contributed by atoms with Crippen molar-refractivity contribution in [1.82, 2.24) is 5.32 Å². The van der Waals surface area contributed by atoms with Gasteiger partial charge in [0.05, 0.1) is 0 Å². The largest absolute Gasteiger partial charge is 0.314 e. The van der Waals surface area contributed by atoms with E-state index in [-0.39, 0.29) is 0 Å². The average molecular weight is 279 g/mol. The Morgan fingerprint density at radius 3 is 2.24 bits per heavy atom. The van der Waals surface area contributed by atoms with Crippen molar-refractivity contribution in [3.63, 3.8) is 0 Å². The van der Waals surface area contributed by atoms with Gasteiger partial charge in [-0.3, -0.25) is 0 Å². The van der Waals surface area contributed by atoms with E-state index in [0.717, 1.165) is 12.5 Å². The van der Waals surface area contributed by atoms with E-state index >= 15 is 0 Å². The second kappa shape index (κ2) is 6.44. The molecule has 1 fully saturated rings. The number of rotatable bonds is 4. The molecule has 2 aromatic rings. The highest BCUT2D eigenvalue weighted by atomic mass is 14.9. The van der Waals surface area contributed by atoms with Gasteiger partial charge in [0.1, 0.15) is 0 Å². The molecule has 21 heavy (non-hydrogen) atoms. The molecule has 3 unspecified atom stereocenters. The van der Waals surface area contributed by atoms with E-state index in [9.17, 15) is 0 Å². The Hall–Kier alpha value is -1.60. The SMILES string of the molecule is CCNC1CCC(c2ccc(-c3ccccc3)cc2)C1C. The van der Waals surface area contributed by atoms with Gasteiger partial charge in [0.2, 0.25) is 0 Å². The zero-order valence-electron chi connectivity index (χ0n) is 13.0. The predicted molar refractivity (Wildman–Crippen MR) is 90.5 cm³/mol. The summed E-state index contributed by atoms with van der Waals surface area (Å²) in [6.45, 7) is 5.68. The van der Waals surface area contributed by atoms with Crippen LogP contribution in [0.1, 0.15) is 38.2 Å². The van der Waals surface area contributed by atoms with Gasteiger partial charge in [0, 0.05) is 6.04 Å². The molecule has 0 amide bonds. The van der Waals surface area contributed by atoms with Crippen LogP contribution in [0.3, 0.4) is 0 Å². The van der Waals surface area contributed by atoms with Crippen molar-refractivity contribution in [3.8, 4) is 11.1 Å². The Kier molecular flexibility index (Phi) is 4.40. The lowest BCUT2D eigenvalue weighted by molar-refractivity contribution is 0.412. The van der Waals surface area contributed by atoms with Gasteiger partial charge in [0.15, 0.2) is 0 Å². The number of hydrogen-bond donors (Lipinski definition) is 1. The van der Waals surface area contributed by atoms with Gasteiger partial charge in [-0.1, -0.05) is 68.4 Å². The van der Waals surface area contributed by atoms with Crippen LogP contribution in [0.15, 0.2) is 54.6 Å². The molecule has 0 saturated heterocycles. The summed E-state index contributed by atoms with van der Waals surface area (Å²) in [5.41, 5.74) is 4.12. The highest BCUT2D eigenvalue weighted by Crippen LogP contribution is 2.39. The first-order valence-electron chi connectivity index (χ1n) is 8.18. The first kappa shape index (κ1) is 14.3. The van der Waals surface area contributed by atoms with E-state index in [1.165, 1.54) is 29.5 Å². The summed E-state index contributed by atoms with van der Waals surface area (Å²) in [4.78, 5) is 0. The summed E-state index contributed by atoms with van der Waals surface area (Å²) in [5.74, 6) is 1.44. The van der Waals surface area contributed by atoms with Crippen LogP contribution in [0.2, 0.25) is 0 Å². The maximum Gasteiger partial charge on any atom is 0.00986 e. The van der Waals surface area contributed by atoms with Gasteiger partial charge in [-0.25, -0.2) is 0 Å². The molecule has 1 aliphatic rings. The smallest absolute Gasteiger partial charge is 0.00986 e. The predicted octanol–water partition coefficient (Wildman–Crippen LogP) is 4.85. The number of hydrogen-bond acceptors (Lipinski definition) is 1. The number of benzene rings is 2. The molecule has 0 spiro atoms. The molecule has 0 radical (unpaired) electrons. The Morgan fingerprint density at radius 2 is 1.57 bits per heavy atom. The Bertz CT molecular complexity index is 558. The van der Waals surface area contributed by atoms with Crippen LogP contribution < -0.4 is 5.32 Å². The lowest BCUT2D eigenvalue weighted by Gasteiger charge is -2.22. The lowest BCUT2D eigenvalue weighted by atomic mass is 9.88. The third-order valence-corrected chi connectivity index (χ3v) is 4.97. The Balaban J connectivity index is 1.76. The minimum Gasteiger partial charge on any atom is -0.314 e. The molecule has 0 bridgehead atoms. The van der Waals surface area contributed by atoms with Crippen LogP contribution in [-0.4, -0.2) is 12.6 Å². The van der Waals surface area contributed by atoms with Crippen LogP contribution in [0.5, 0.6) is 0 Å². The summed E-state index contributed by atoms with van der Waals surface area (Å²) in [5, 5.41) is 3.63. The molecular weight excluding hydrogens is 254 g/mol. The summed E-state index contributed by atoms with van der Waals surface area (Å²) in [6.07, 6.45) is 2.61. The summed E-state index contributed by atoms with van der Waals surface area (Å²) >= 11 is 0. The second-order valence-electron chi connectivity index (χ2n) is 6.20. The van der Waals surface area contributed by atoms with Crippen LogP contribution in [0.4, 0.5) is 0 Å². The summed E-state index contributed by atoms with van der Waals surface area (Å²) in [7, 11) is 0. The quantitative estimate of drug-likeness (QED) is 0.844. The molecule has 0 aliphatic heterocycles. The minimum atomic E-state index is 0.689. The highest BCUT2D eigenvalue weighted by molar-refractivity contribution is 5.63. The van der Waals surface area contributed by atoms with Crippen molar-refractivity contribution in [2.75, 3.05) is 6.54 Å². The summed E-state index contributed by atoms with van der Waals surface area (Å²) in [6, 6.07) is 20.5. The third kappa shape index (κ3) is 3.03. The highest BCUT2D eigenvalue weighted by Gasteiger charge is 2.32. The molecule has 110 valence electrons. The molecular formula is C20H25N. The molecule has 1 aliphatic carbocycles. The van der Waals surface area contributed by atoms with E-state index in [1.54, 1.807) is 0 Å². The standard InChI is InChI=1S/C20H25N/c1-3-21-20-14-13-19(15(20)2)18-11-9-17(10-12-18)16-7-5-4-6-8-16/h4-12,15,19-21H,3,13-14H2,1-2H3. The van der Waals surface area contributed by atoms with E-state index in [0.29, 0.717) is 12.0 Å². The zero-order valence-corrected chi connectivity index (χ0v) is 13.0. The molecule has 1 saturated carbocycles. The Morgan fingerprint density at radius 1 is 0.905 bits per heavy atom. The molecule has 0 aromatic heterocycles. The second-order valence-corrected chi connectivity index (χ2v) is 6.20. The maximum absolute atomic E-state index is 3.63. The molecule has 3 atom stereocenters. The molecule has 1 N–H and O–H groups in total. The third-order valence-electron chi connectivity index (χ3n) is 4.97. The van der Waals surface area contributed by atoms with E-state index < -0.39 is 0 Å². The first-order chi connectivity index (χ1) is 10.3. The average Bonchev–Trinajstić information content (AvgIpc) is 2.90. The van der Waals surface area contributed by atoms with Crippen LogP contribution in [-0.2, 0) is 0 Å². The minimum absolute atomic E-state index is 0.689. The molecule has 1 nitrogen and oxygen atoms in total. The van der Waals surface area contributed by atoms with E-state index in [2.05, 4.69) is 73.8 Å². The molecule has 3 rings (SSSR count). The monoisotopic (exact) mass is 279 g/mol. The Labute approximate surface area is 128 Å². The van der Waals surface area contributed by atoms with Crippen LogP contribution in [0, 0.1) is 5.92 Å². The van der Waals surface area contributed by atoms with E-state index in [4.69, 9.17) is 0 Å². The van der Waals surface area contributed by atoms with Crippen molar-refractivity contribution >= 4 is 0 Å². The normalized spacial score (nSPS) is 25.1. The zero-order chi connectivity index (χ0) is 14.7. The fourth-order valence-electron chi connectivity index (χ4n) is 3.74.